The average molecular weight is 373 g/mol. The van der Waals surface area contributed by atoms with Gasteiger partial charge in [-0.05, 0) is 41.3 Å². The molecule has 0 aromatic heterocycles. The average Bonchev–Trinajstić information content (AvgIpc) is 2.66. The Morgan fingerprint density at radius 1 is 1.04 bits per heavy atom. The van der Waals surface area contributed by atoms with Crippen molar-refractivity contribution in [3.63, 3.8) is 0 Å². The van der Waals surface area contributed by atoms with E-state index >= 15 is 0 Å². The van der Waals surface area contributed by atoms with E-state index in [-0.39, 0.29) is 11.8 Å². The highest BCUT2D eigenvalue weighted by Crippen LogP contribution is 2.41. The molecule has 1 aliphatic rings. The Hall–Kier alpha value is -2.47. The molecule has 0 aliphatic carbocycles. The molecule has 0 fully saturated rings. The third kappa shape index (κ3) is 3.42. The molecule has 0 N–H and O–H groups in total. The maximum absolute atomic E-state index is 13.0. The summed E-state index contributed by atoms with van der Waals surface area (Å²) < 4.78 is 38.3. The van der Waals surface area contributed by atoms with Gasteiger partial charge in [0.25, 0.3) is 0 Å². The molecule has 0 saturated carbocycles. The molecule has 5 nitrogen and oxygen atoms in total. The van der Waals surface area contributed by atoms with Crippen molar-refractivity contribution in [2.24, 2.45) is 0 Å². The van der Waals surface area contributed by atoms with Gasteiger partial charge in [-0.3, -0.25) is 4.31 Å². The molecular weight excluding hydrogens is 350 g/mol. The van der Waals surface area contributed by atoms with Gasteiger partial charge in [-0.25, -0.2) is 8.42 Å². The lowest BCUT2D eigenvalue weighted by atomic mass is 9.95. The summed E-state index contributed by atoms with van der Waals surface area (Å²) >= 11 is 0. The summed E-state index contributed by atoms with van der Waals surface area (Å²) in [6.07, 6.45) is 4.12. The minimum absolute atomic E-state index is 0.0305. The highest BCUT2D eigenvalue weighted by Gasteiger charge is 2.32. The first-order valence-corrected chi connectivity index (χ1v) is 10.1. The molecule has 26 heavy (non-hydrogen) atoms. The van der Waals surface area contributed by atoms with Crippen LogP contribution in [0.1, 0.15) is 36.1 Å². The van der Waals surface area contributed by atoms with E-state index in [2.05, 4.69) is 0 Å². The molecule has 3 rings (SSSR count). The first-order valence-electron chi connectivity index (χ1n) is 8.49. The molecule has 0 radical (unpaired) electrons. The van der Waals surface area contributed by atoms with Gasteiger partial charge in [-0.15, -0.1) is 0 Å². The predicted molar refractivity (Wildman–Crippen MR) is 103 cm³/mol. The highest BCUT2D eigenvalue weighted by molar-refractivity contribution is 7.88. The van der Waals surface area contributed by atoms with Crippen LogP contribution in [0.15, 0.2) is 48.7 Å². The topological polar surface area (TPSA) is 55.8 Å². The number of ether oxygens (including phenoxy) is 2. The zero-order valence-corrected chi connectivity index (χ0v) is 16.0. The lowest BCUT2D eigenvalue weighted by molar-refractivity contribution is 0.350. The number of benzene rings is 2. The quantitative estimate of drug-likeness (QED) is 0.769. The summed E-state index contributed by atoms with van der Waals surface area (Å²) in [5.41, 5.74) is 2.64. The Balaban J connectivity index is 1.99. The van der Waals surface area contributed by atoms with Crippen molar-refractivity contribution >= 4 is 16.1 Å². The van der Waals surface area contributed by atoms with Crippen LogP contribution in [0.4, 0.5) is 0 Å². The van der Waals surface area contributed by atoms with Gasteiger partial charge in [-0.1, -0.05) is 37.3 Å². The Morgan fingerprint density at radius 3 is 2.31 bits per heavy atom. The lowest BCUT2D eigenvalue weighted by Gasteiger charge is -2.34. The number of methoxy groups -OCH3 is 2. The third-order valence-corrected chi connectivity index (χ3v) is 6.27. The van der Waals surface area contributed by atoms with E-state index in [1.807, 2.05) is 55.5 Å². The van der Waals surface area contributed by atoms with Crippen molar-refractivity contribution in [1.82, 2.24) is 4.31 Å². The van der Waals surface area contributed by atoms with Crippen LogP contribution in [0.3, 0.4) is 0 Å². The van der Waals surface area contributed by atoms with E-state index in [0.29, 0.717) is 17.9 Å². The van der Waals surface area contributed by atoms with Crippen LogP contribution in [0.25, 0.3) is 6.08 Å². The normalized spacial score (nSPS) is 16.3. The minimum Gasteiger partial charge on any atom is -0.493 e. The van der Waals surface area contributed by atoms with E-state index in [1.165, 1.54) is 4.31 Å². The van der Waals surface area contributed by atoms with Gasteiger partial charge in [0.2, 0.25) is 10.0 Å². The maximum Gasteiger partial charge on any atom is 0.239 e. The number of sulfonamides is 1. The van der Waals surface area contributed by atoms with Crippen molar-refractivity contribution in [3.8, 4) is 11.5 Å². The summed E-state index contributed by atoms with van der Waals surface area (Å²) in [4.78, 5) is 0. The first-order chi connectivity index (χ1) is 12.5. The van der Waals surface area contributed by atoms with E-state index in [9.17, 15) is 8.42 Å². The summed E-state index contributed by atoms with van der Waals surface area (Å²) in [6.45, 7) is 1.98. The van der Waals surface area contributed by atoms with Crippen LogP contribution in [0.5, 0.6) is 11.5 Å². The Labute approximate surface area is 154 Å². The van der Waals surface area contributed by atoms with E-state index in [0.717, 1.165) is 16.7 Å². The summed E-state index contributed by atoms with van der Waals surface area (Å²) in [5, 5.41) is 0. The van der Waals surface area contributed by atoms with Crippen LogP contribution in [0.2, 0.25) is 0 Å². The molecule has 1 atom stereocenters. The van der Waals surface area contributed by atoms with Crippen molar-refractivity contribution in [2.75, 3.05) is 14.2 Å². The summed E-state index contributed by atoms with van der Waals surface area (Å²) in [7, 11) is -0.336. The molecule has 1 unspecified atom stereocenters. The second-order valence-corrected chi connectivity index (χ2v) is 8.02. The standard InChI is InChI=1S/C20H23NO4S/c1-4-18-17-13-20(25-3)19(24-2)12-16(17)10-11-21(18)26(22,23)14-15-8-6-5-7-9-15/h5-13,18H,4,14H2,1-3H3. The van der Waals surface area contributed by atoms with Gasteiger partial charge in [0.05, 0.1) is 26.0 Å². The molecule has 0 amide bonds. The van der Waals surface area contributed by atoms with Gasteiger partial charge in [-0.2, -0.15) is 0 Å². The van der Waals surface area contributed by atoms with E-state index < -0.39 is 10.0 Å². The van der Waals surface area contributed by atoms with Crippen LogP contribution < -0.4 is 9.47 Å². The summed E-state index contributed by atoms with van der Waals surface area (Å²) in [6, 6.07) is 12.7. The van der Waals surface area contributed by atoms with Crippen LogP contribution in [0, 0.1) is 0 Å². The molecule has 2 aromatic rings. The molecule has 0 spiro atoms. The zero-order chi connectivity index (χ0) is 18.7. The molecule has 1 aliphatic heterocycles. The number of hydrogen-bond donors (Lipinski definition) is 0. The van der Waals surface area contributed by atoms with Crippen LogP contribution >= 0.6 is 0 Å². The van der Waals surface area contributed by atoms with Crippen molar-refractivity contribution in [1.29, 1.82) is 0 Å². The van der Waals surface area contributed by atoms with Gasteiger partial charge >= 0.3 is 0 Å². The molecule has 6 heteroatoms. The fourth-order valence-electron chi connectivity index (χ4n) is 3.28. The summed E-state index contributed by atoms with van der Waals surface area (Å²) in [5.74, 6) is 1.20. The van der Waals surface area contributed by atoms with Crippen molar-refractivity contribution in [2.45, 2.75) is 25.1 Å². The second kappa shape index (κ2) is 7.41. The smallest absolute Gasteiger partial charge is 0.239 e. The van der Waals surface area contributed by atoms with Crippen LogP contribution in [-0.4, -0.2) is 26.9 Å². The number of fused-ring (bicyclic) bond motifs is 1. The zero-order valence-electron chi connectivity index (χ0n) is 15.2. The lowest BCUT2D eigenvalue weighted by Crippen LogP contribution is -2.33. The van der Waals surface area contributed by atoms with Gasteiger partial charge in [0.1, 0.15) is 0 Å². The fourth-order valence-corrected chi connectivity index (χ4v) is 4.94. The van der Waals surface area contributed by atoms with E-state index in [4.69, 9.17) is 9.47 Å². The monoisotopic (exact) mass is 373 g/mol. The SMILES string of the molecule is CCC1c2cc(OC)c(OC)cc2C=CN1S(=O)(=O)Cc1ccccc1. The first kappa shape index (κ1) is 18.3. The fraction of sp³-hybridized carbons (Fsp3) is 0.300. The minimum atomic E-state index is -3.50. The predicted octanol–water partition coefficient (Wildman–Crippen LogP) is 3.97. The molecule has 138 valence electrons. The van der Waals surface area contributed by atoms with Gasteiger partial charge in [0, 0.05) is 6.20 Å². The third-order valence-electron chi connectivity index (χ3n) is 4.56. The van der Waals surface area contributed by atoms with Crippen molar-refractivity contribution < 1.29 is 17.9 Å². The molecule has 0 saturated heterocycles. The number of hydrogen-bond acceptors (Lipinski definition) is 4. The Bertz CT molecular complexity index is 907. The Kier molecular flexibility index (Phi) is 5.23. The van der Waals surface area contributed by atoms with Crippen molar-refractivity contribution in [3.05, 3.63) is 65.4 Å². The molecule has 0 bridgehead atoms. The maximum atomic E-state index is 13.0. The van der Waals surface area contributed by atoms with Crippen LogP contribution in [-0.2, 0) is 15.8 Å². The largest absolute Gasteiger partial charge is 0.493 e. The molecule has 1 heterocycles. The van der Waals surface area contributed by atoms with Gasteiger partial charge < -0.3 is 9.47 Å². The second-order valence-electron chi connectivity index (χ2n) is 6.15. The Morgan fingerprint density at radius 2 is 1.69 bits per heavy atom. The molecule has 2 aromatic carbocycles. The molecular formula is C20H23NO4S. The number of nitrogens with zero attached hydrogens (tertiary/aromatic N) is 1. The van der Waals surface area contributed by atoms with Gasteiger partial charge in [0.15, 0.2) is 11.5 Å². The number of rotatable bonds is 6. The van der Waals surface area contributed by atoms with E-state index in [1.54, 1.807) is 20.4 Å². The highest BCUT2D eigenvalue weighted by atomic mass is 32.2.